The standard InChI is InChI=1S/C16H21N3O5S/c1-24-8-7-19-16(21)13-5-4-11(9-14(13)25(19,22)23)15(20)18-12-3-2-6-17-10-12/h4-5,9,12,17H,2-3,6-8,10H2,1H3,(H,18,20). The van der Waals surface area contributed by atoms with Gasteiger partial charge in [-0.25, -0.2) is 12.7 Å². The van der Waals surface area contributed by atoms with Crippen molar-refractivity contribution >= 4 is 21.8 Å². The molecular formula is C16H21N3O5S. The zero-order chi connectivity index (χ0) is 18.0. The van der Waals surface area contributed by atoms with Crippen molar-refractivity contribution in [2.45, 2.75) is 23.8 Å². The molecule has 0 aromatic heterocycles. The summed E-state index contributed by atoms with van der Waals surface area (Å²) in [6, 6.07) is 4.18. The molecule has 2 aliphatic rings. The summed E-state index contributed by atoms with van der Waals surface area (Å²) in [4.78, 5) is 24.6. The van der Waals surface area contributed by atoms with E-state index in [1.807, 2.05) is 0 Å². The second kappa shape index (κ2) is 7.11. The van der Waals surface area contributed by atoms with Gasteiger partial charge in [0, 0.05) is 25.3 Å². The topological polar surface area (TPSA) is 105 Å². The molecule has 2 amide bonds. The summed E-state index contributed by atoms with van der Waals surface area (Å²) in [6.07, 6.45) is 1.86. The van der Waals surface area contributed by atoms with Crippen LogP contribution in [0.25, 0.3) is 0 Å². The van der Waals surface area contributed by atoms with E-state index in [9.17, 15) is 18.0 Å². The zero-order valence-corrected chi connectivity index (χ0v) is 14.8. The first-order valence-corrected chi connectivity index (χ1v) is 9.61. The fourth-order valence-corrected chi connectivity index (χ4v) is 4.63. The van der Waals surface area contributed by atoms with Gasteiger partial charge in [-0.15, -0.1) is 0 Å². The van der Waals surface area contributed by atoms with E-state index in [-0.39, 0.29) is 41.1 Å². The summed E-state index contributed by atoms with van der Waals surface area (Å²) in [5.41, 5.74) is 0.321. The number of rotatable bonds is 5. The zero-order valence-electron chi connectivity index (χ0n) is 13.9. The first kappa shape index (κ1) is 17.8. The second-order valence-corrected chi connectivity index (χ2v) is 7.93. The first-order chi connectivity index (χ1) is 11.9. The van der Waals surface area contributed by atoms with E-state index in [0.29, 0.717) is 6.54 Å². The summed E-state index contributed by atoms with van der Waals surface area (Å²) >= 11 is 0. The normalized spacial score (nSPS) is 21.9. The van der Waals surface area contributed by atoms with Crippen LogP contribution >= 0.6 is 0 Å². The van der Waals surface area contributed by atoms with Gasteiger partial charge in [0.2, 0.25) is 0 Å². The lowest BCUT2D eigenvalue weighted by molar-refractivity contribution is 0.0835. The van der Waals surface area contributed by atoms with Gasteiger partial charge in [-0.3, -0.25) is 9.59 Å². The molecule has 2 aliphatic heterocycles. The number of fused-ring (bicyclic) bond motifs is 1. The molecule has 8 nitrogen and oxygen atoms in total. The van der Waals surface area contributed by atoms with E-state index in [0.717, 1.165) is 23.7 Å². The van der Waals surface area contributed by atoms with Gasteiger partial charge in [0.05, 0.1) is 18.7 Å². The lowest BCUT2D eigenvalue weighted by atomic mass is 10.1. The molecule has 1 aromatic rings. The van der Waals surface area contributed by atoms with Crippen LogP contribution in [0.1, 0.15) is 33.6 Å². The number of hydrogen-bond acceptors (Lipinski definition) is 6. The molecule has 1 atom stereocenters. The molecule has 25 heavy (non-hydrogen) atoms. The number of nitrogens with one attached hydrogen (secondary N) is 2. The molecule has 9 heteroatoms. The molecule has 0 saturated carbocycles. The molecule has 2 N–H and O–H groups in total. The van der Waals surface area contributed by atoms with Crippen LogP contribution < -0.4 is 10.6 Å². The predicted molar refractivity (Wildman–Crippen MR) is 89.9 cm³/mol. The fraction of sp³-hybridized carbons (Fsp3) is 0.500. The van der Waals surface area contributed by atoms with E-state index in [1.54, 1.807) is 0 Å². The average Bonchev–Trinajstić information content (AvgIpc) is 2.80. The lowest BCUT2D eigenvalue weighted by Crippen LogP contribution is -2.45. The maximum absolute atomic E-state index is 12.6. The Kier molecular flexibility index (Phi) is 5.07. The number of carbonyl (C=O) groups excluding carboxylic acids is 2. The third-order valence-electron chi connectivity index (χ3n) is 4.40. The van der Waals surface area contributed by atoms with Gasteiger partial charge in [0.15, 0.2) is 0 Å². The smallest absolute Gasteiger partial charge is 0.269 e. The van der Waals surface area contributed by atoms with Gasteiger partial charge in [-0.05, 0) is 37.6 Å². The van der Waals surface area contributed by atoms with Crippen molar-refractivity contribution in [2.75, 3.05) is 33.4 Å². The van der Waals surface area contributed by atoms with Gasteiger partial charge >= 0.3 is 0 Å². The monoisotopic (exact) mass is 367 g/mol. The average molecular weight is 367 g/mol. The lowest BCUT2D eigenvalue weighted by Gasteiger charge is -2.23. The van der Waals surface area contributed by atoms with Crippen LogP contribution in [0, 0.1) is 0 Å². The van der Waals surface area contributed by atoms with E-state index >= 15 is 0 Å². The number of methoxy groups -OCH3 is 1. The van der Waals surface area contributed by atoms with Crippen molar-refractivity contribution in [1.29, 1.82) is 0 Å². The van der Waals surface area contributed by atoms with Gasteiger partial charge in [0.1, 0.15) is 4.90 Å². The van der Waals surface area contributed by atoms with Gasteiger partial charge in [-0.2, -0.15) is 0 Å². The molecule has 1 saturated heterocycles. The number of nitrogens with zero attached hydrogens (tertiary/aromatic N) is 1. The Balaban J connectivity index is 1.83. The quantitative estimate of drug-likeness (QED) is 0.757. The van der Waals surface area contributed by atoms with Crippen molar-refractivity contribution in [1.82, 2.24) is 14.9 Å². The molecule has 0 spiro atoms. The predicted octanol–water partition coefficient (Wildman–Crippen LogP) is -0.0407. The summed E-state index contributed by atoms with van der Waals surface area (Å²) < 4.78 is 30.8. The van der Waals surface area contributed by atoms with Gasteiger partial charge in [0.25, 0.3) is 21.8 Å². The van der Waals surface area contributed by atoms with Crippen LogP contribution in [-0.2, 0) is 14.8 Å². The molecule has 1 fully saturated rings. The first-order valence-electron chi connectivity index (χ1n) is 8.17. The van der Waals surface area contributed by atoms with Crippen LogP contribution in [0.4, 0.5) is 0 Å². The molecule has 0 bridgehead atoms. The van der Waals surface area contributed by atoms with Crippen LogP contribution in [-0.4, -0.2) is 63.9 Å². The number of piperidine rings is 1. The van der Waals surface area contributed by atoms with E-state index in [2.05, 4.69) is 10.6 Å². The molecule has 1 aromatic carbocycles. The Morgan fingerprint density at radius 1 is 1.44 bits per heavy atom. The van der Waals surface area contributed by atoms with Gasteiger partial charge < -0.3 is 15.4 Å². The van der Waals surface area contributed by atoms with Crippen molar-refractivity contribution in [3.8, 4) is 0 Å². The Morgan fingerprint density at radius 3 is 2.92 bits per heavy atom. The maximum Gasteiger partial charge on any atom is 0.269 e. The summed E-state index contributed by atoms with van der Waals surface area (Å²) in [5.74, 6) is -0.926. The minimum Gasteiger partial charge on any atom is -0.383 e. The number of ether oxygens (including phenoxy) is 1. The summed E-state index contributed by atoms with van der Waals surface area (Å²) in [7, 11) is -2.51. The maximum atomic E-state index is 12.6. The Morgan fingerprint density at radius 2 is 2.24 bits per heavy atom. The number of sulfonamides is 1. The molecule has 1 unspecified atom stereocenters. The fourth-order valence-electron chi connectivity index (χ4n) is 3.06. The van der Waals surface area contributed by atoms with Crippen LogP contribution in [0.15, 0.2) is 23.1 Å². The van der Waals surface area contributed by atoms with Crippen molar-refractivity contribution in [3.63, 3.8) is 0 Å². The number of hydrogen-bond donors (Lipinski definition) is 2. The molecule has 0 radical (unpaired) electrons. The Labute approximate surface area is 146 Å². The molecule has 136 valence electrons. The molecule has 0 aliphatic carbocycles. The highest BCUT2D eigenvalue weighted by atomic mass is 32.2. The minimum atomic E-state index is -3.95. The number of carbonyl (C=O) groups is 2. The van der Waals surface area contributed by atoms with Crippen LogP contribution in [0.5, 0.6) is 0 Å². The highest BCUT2D eigenvalue weighted by molar-refractivity contribution is 7.90. The summed E-state index contributed by atoms with van der Waals surface area (Å²) in [6.45, 7) is 1.68. The molecule has 3 rings (SSSR count). The summed E-state index contributed by atoms with van der Waals surface area (Å²) in [5, 5.41) is 6.10. The van der Waals surface area contributed by atoms with Crippen molar-refractivity contribution in [2.24, 2.45) is 0 Å². The number of benzene rings is 1. The minimum absolute atomic E-state index is 0.0194. The molecular weight excluding hydrogens is 346 g/mol. The SMILES string of the molecule is COCCN1C(=O)c2ccc(C(=O)NC3CCCNC3)cc2S1(=O)=O. The van der Waals surface area contributed by atoms with Gasteiger partial charge in [-0.1, -0.05) is 0 Å². The Hall–Kier alpha value is -1.97. The number of amides is 2. The van der Waals surface area contributed by atoms with Crippen LogP contribution in [0.2, 0.25) is 0 Å². The largest absolute Gasteiger partial charge is 0.383 e. The Bertz CT molecular complexity index is 787. The van der Waals surface area contributed by atoms with Crippen LogP contribution in [0.3, 0.4) is 0 Å². The third-order valence-corrected chi connectivity index (χ3v) is 6.22. The highest BCUT2D eigenvalue weighted by Gasteiger charge is 2.41. The van der Waals surface area contributed by atoms with E-state index in [4.69, 9.17) is 4.74 Å². The molecule has 2 heterocycles. The third kappa shape index (κ3) is 3.39. The highest BCUT2D eigenvalue weighted by Crippen LogP contribution is 2.30. The van der Waals surface area contributed by atoms with E-state index in [1.165, 1.54) is 25.3 Å². The second-order valence-electron chi connectivity index (χ2n) is 6.10. The van der Waals surface area contributed by atoms with Crippen molar-refractivity contribution in [3.05, 3.63) is 29.3 Å². The van der Waals surface area contributed by atoms with Crippen molar-refractivity contribution < 1.29 is 22.7 Å². The van der Waals surface area contributed by atoms with E-state index < -0.39 is 15.9 Å².